The van der Waals surface area contributed by atoms with Crippen molar-refractivity contribution < 1.29 is 14.4 Å². The number of amidine groups is 1. The highest BCUT2D eigenvalue weighted by Gasteiger charge is 2.17. The molecule has 0 spiro atoms. The zero-order valence-corrected chi connectivity index (χ0v) is 11.7. The minimum absolute atomic E-state index is 0.0428. The fourth-order valence-electron chi connectivity index (χ4n) is 2.29. The van der Waals surface area contributed by atoms with Gasteiger partial charge in [0.05, 0.1) is 6.54 Å². The van der Waals surface area contributed by atoms with Gasteiger partial charge in [0.15, 0.2) is 5.84 Å². The normalized spacial score (nSPS) is 15.5. The first-order valence-electron chi connectivity index (χ1n) is 6.86. The average molecular weight is 294 g/mol. The quantitative estimate of drug-likeness (QED) is 0.321. The van der Waals surface area contributed by atoms with Crippen LogP contribution < -0.4 is 11.1 Å². The maximum absolute atomic E-state index is 13.8. The number of likely N-dealkylation sites (tertiary alicyclic amines) is 1. The van der Waals surface area contributed by atoms with Gasteiger partial charge in [-0.05, 0) is 18.9 Å². The number of oxime groups is 1. The molecule has 1 aliphatic heterocycles. The van der Waals surface area contributed by atoms with E-state index in [0.29, 0.717) is 11.1 Å². The van der Waals surface area contributed by atoms with E-state index < -0.39 is 5.82 Å². The van der Waals surface area contributed by atoms with Crippen LogP contribution in [0, 0.1) is 5.82 Å². The predicted octanol–water partition coefficient (Wildman–Crippen LogP) is 0.632. The maximum Gasteiger partial charge on any atom is 0.236 e. The first kappa shape index (κ1) is 15.2. The molecule has 1 amide bonds. The van der Waals surface area contributed by atoms with E-state index >= 15 is 0 Å². The van der Waals surface area contributed by atoms with E-state index in [2.05, 4.69) is 10.5 Å². The Kier molecular flexibility index (Phi) is 5.10. The highest BCUT2D eigenvalue weighted by molar-refractivity contribution is 5.97. The summed E-state index contributed by atoms with van der Waals surface area (Å²) in [6.45, 7) is 2.07. The van der Waals surface area contributed by atoms with Crippen molar-refractivity contribution >= 4 is 11.7 Å². The number of benzene rings is 1. The molecule has 0 atom stereocenters. The molecule has 0 bridgehead atoms. The van der Waals surface area contributed by atoms with Gasteiger partial charge in [-0.15, -0.1) is 0 Å². The summed E-state index contributed by atoms with van der Waals surface area (Å²) in [5.74, 6) is -0.556. The van der Waals surface area contributed by atoms with Gasteiger partial charge in [0, 0.05) is 30.8 Å². The maximum atomic E-state index is 13.8. The Balaban J connectivity index is 1.87. The second kappa shape index (κ2) is 7.03. The Bertz CT molecular complexity index is 542. The van der Waals surface area contributed by atoms with Gasteiger partial charge in [-0.25, -0.2) is 4.39 Å². The molecule has 1 fully saturated rings. The number of carbonyl (C=O) groups excluding carboxylic acids is 1. The molecule has 0 radical (unpaired) electrons. The van der Waals surface area contributed by atoms with Crippen molar-refractivity contribution in [1.29, 1.82) is 0 Å². The summed E-state index contributed by atoms with van der Waals surface area (Å²) < 4.78 is 13.8. The fraction of sp³-hybridized carbons (Fsp3) is 0.429. The Morgan fingerprint density at radius 3 is 2.76 bits per heavy atom. The average Bonchev–Trinajstić information content (AvgIpc) is 3.02. The van der Waals surface area contributed by atoms with E-state index in [4.69, 9.17) is 10.9 Å². The molecule has 1 saturated heterocycles. The van der Waals surface area contributed by atoms with E-state index in [-0.39, 0.29) is 24.8 Å². The van der Waals surface area contributed by atoms with Crippen molar-refractivity contribution in [3.05, 3.63) is 35.1 Å². The van der Waals surface area contributed by atoms with Crippen LogP contribution in [0.3, 0.4) is 0 Å². The number of nitrogens with one attached hydrogen (secondary N) is 1. The third-order valence-corrected chi connectivity index (χ3v) is 3.51. The lowest BCUT2D eigenvalue weighted by Crippen LogP contribution is -2.36. The Morgan fingerprint density at radius 2 is 2.14 bits per heavy atom. The molecule has 4 N–H and O–H groups in total. The van der Waals surface area contributed by atoms with Crippen LogP contribution in [0.15, 0.2) is 23.4 Å². The van der Waals surface area contributed by atoms with Crippen LogP contribution in [0.4, 0.5) is 4.39 Å². The van der Waals surface area contributed by atoms with Crippen molar-refractivity contribution in [2.24, 2.45) is 10.9 Å². The number of nitrogens with zero attached hydrogens (tertiary/aromatic N) is 2. The van der Waals surface area contributed by atoms with Crippen molar-refractivity contribution in [2.45, 2.75) is 19.4 Å². The molecule has 0 aliphatic carbocycles. The monoisotopic (exact) mass is 294 g/mol. The number of halogens is 1. The summed E-state index contributed by atoms with van der Waals surface area (Å²) in [4.78, 5) is 13.6. The van der Waals surface area contributed by atoms with Crippen LogP contribution in [0.25, 0.3) is 0 Å². The molecule has 1 aromatic carbocycles. The molecule has 0 unspecified atom stereocenters. The highest BCUT2D eigenvalue weighted by Crippen LogP contribution is 2.11. The number of carbonyl (C=O) groups is 1. The summed E-state index contributed by atoms with van der Waals surface area (Å²) in [6, 6.07) is 4.32. The minimum atomic E-state index is -0.458. The van der Waals surface area contributed by atoms with Gasteiger partial charge < -0.3 is 21.2 Å². The van der Waals surface area contributed by atoms with E-state index in [1.807, 2.05) is 4.90 Å². The molecule has 0 saturated carbocycles. The van der Waals surface area contributed by atoms with Gasteiger partial charge in [0.2, 0.25) is 5.91 Å². The zero-order chi connectivity index (χ0) is 15.2. The van der Waals surface area contributed by atoms with E-state index in [1.165, 1.54) is 6.07 Å². The smallest absolute Gasteiger partial charge is 0.236 e. The summed E-state index contributed by atoms with van der Waals surface area (Å²) in [6.07, 6.45) is 2.10. The largest absolute Gasteiger partial charge is 0.409 e. The highest BCUT2D eigenvalue weighted by atomic mass is 19.1. The van der Waals surface area contributed by atoms with Crippen LogP contribution in [0.1, 0.15) is 24.0 Å². The first-order chi connectivity index (χ1) is 10.1. The fourth-order valence-corrected chi connectivity index (χ4v) is 2.29. The summed E-state index contributed by atoms with van der Waals surface area (Å²) in [5, 5.41) is 14.3. The van der Waals surface area contributed by atoms with Gasteiger partial charge in [-0.3, -0.25) is 4.79 Å². The van der Waals surface area contributed by atoms with Gasteiger partial charge in [-0.1, -0.05) is 17.3 Å². The summed E-state index contributed by atoms with van der Waals surface area (Å²) in [5.41, 5.74) is 6.13. The number of amides is 1. The van der Waals surface area contributed by atoms with Crippen molar-refractivity contribution in [3.63, 3.8) is 0 Å². The molecule has 1 aliphatic rings. The third-order valence-electron chi connectivity index (χ3n) is 3.51. The van der Waals surface area contributed by atoms with Crippen LogP contribution in [0.2, 0.25) is 0 Å². The zero-order valence-electron chi connectivity index (χ0n) is 11.7. The Morgan fingerprint density at radius 1 is 1.43 bits per heavy atom. The number of rotatable bonds is 5. The minimum Gasteiger partial charge on any atom is -0.409 e. The van der Waals surface area contributed by atoms with Crippen LogP contribution in [-0.2, 0) is 11.3 Å². The van der Waals surface area contributed by atoms with Gasteiger partial charge in [0.1, 0.15) is 5.82 Å². The van der Waals surface area contributed by atoms with Crippen molar-refractivity contribution in [1.82, 2.24) is 10.2 Å². The third kappa shape index (κ3) is 3.91. The van der Waals surface area contributed by atoms with Gasteiger partial charge >= 0.3 is 0 Å². The van der Waals surface area contributed by atoms with Gasteiger partial charge in [0.25, 0.3) is 0 Å². The Hall–Kier alpha value is -2.15. The Labute approximate surface area is 122 Å². The molecule has 6 nitrogen and oxygen atoms in total. The molecule has 1 aromatic rings. The van der Waals surface area contributed by atoms with Crippen LogP contribution in [-0.4, -0.2) is 41.5 Å². The van der Waals surface area contributed by atoms with E-state index in [9.17, 15) is 9.18 Å². The topological polar surface area (TPSA) is 91.0 Å². The summed E-state index contributed by atoms with van der Waals surface area (Å²) in [7, 11) is 0. The standard InChI is InChI=1S/C14H19FN4O2/c15-12-7-10(14(16)18-21)3-4-11(12)8-17-9-13(20)19-5-1-2-6-19/h3-4,7,17,21H,1-2,5-6,8-9H2,(H2,16,18). The van der Waals surface area contributed by atoms with E-state index in [0.717, 1.165) is 25.9 Å². The first-order valence-corrected chi connectivity index (χ1v) is 6.86. The second-order valence-electron chi connectivity index (χ2n) is 4.98. The lowest BCUT2D eigenvalue weighted by Gasteiger charge is -2.15. The number of hydrogen-bond donors (Lipinski definition) is 3. The van der Waals surface area contributed by atoms with Crippen molar-refractivity contribution in [3.8, 4) is 0 Å². The van der Waals surface area contributed by atoms with Crippen LogP contribution >= 0.6 is 0 Å². The predicted molar refractivity (Wildman–Crippen MR) is 76.4 cm³/mol. The molecule has 0 aromatic heterocycles. The molecule has 114 valence electrons. The molecule has 7 heteroatoms. The second-order valence-corrected chi connectivity index (χ2v) is 4.98. The van der Waals surface area contributed by atoms with E-state index in [1.54, 1.807) is 12.1 Å². The summed E-state index contributed by atoms with van der Waals surface area (Å²) >= 11 is 0. The number of nitrogens with two attached hydrogens (primary N) is 1. The van der Waals surface area contributed by atoms with Gasteiger partial charge in [-0.2, -0.15) is 0 Å². The molecular weight excluding hydrogens is 275 g/mol. The number of hydrogen-bond acceptors (Lipinski definition) is 4. The molecular formula is C14H19FN4O2. The van der Waals surface area contributed by atoms with Crippen LogP contribution in [0.5, 0.6) is 0 Å². The SMILES string of the molecule is N/C(=N/O)c1ccc(CNCC(=O)N2CCCC2)c(F)c1. The molecule has 1 heterocycles. The lowest BCUT2D eigenvalue weighted by molar-refractivity contribution is -0.129. The lowest BCUT2D eigenvalue weighted by atomic mass is 10.1. The van der Waals surface area contributed by atoms with Crippen molar-refractivity contribution in [2.75, 3.05) is 19.6 Å². The molecule has 2 rings (SSSR count). The molecule has 21 heavy (non-hydrogen) atoms.